The summed E-state index contributed by atoms with van der Waals surface area (Å²) in [5.41, 5.74) is 0.845. The first-order valence-electron chi connectivity index (χ1n) is 7.67. The van der Waals surface area contributed by atoms with Gasteiger partial charge in [-0.25, -0.2) is 0 Å². The second-order valence-corrected chi connectivity index (χ2v) is 7.88. The van der Waals surface area contributed by atoms with E-state index in [1.165, 1.54) is 0 Å². The standard InChI is InChI=1S/C16H20N6OS/c1-10(13-18-14(21-23-13)16(2,3)4)24-15-20-19-12(22(15)5)11-6-8-17-9-7-11/h6-10H,1-5H3/t10-/m0/s1. The van der Waals surface area contributed by atoms with Crippen molar-refractivity contribution >= 4 is 11.8 Å². The van der Waals surface area contributed by atoms with Crippen LogP contribution >= 0.6 is 11.8 Å². The molecule has 126 valence electrons. The largest absolute Gasteiger partial charge is 0.338 e. The molecule has 3 aromatic heterocycles. The van der Waals surface area contributed by atoms with E-state index in [1.54, 1.807) is 24.2 Å². The van der Waals surface area contributed by atoms with Gasteiger partial charge in [-0.15, -0.1) is 10.2 Å². The normalized spacial score (nSPS) is 13.2. The summed E-state index contributed by atoms with van der Waals surface area (Å²) in [6.45, 7) is 8.20. The molecule has 0 radical (unpaired) electrons. The van der Waals surface area contributed by atoms with Crippen molar-refractivity contribution in [2.24, 2.45) is 7.05 Å². The molecule has 0 unspecified atom stereocenters. The van der Waals surface area contributed by atoms with Crippen molar-refractivity contribution < 1.29 is 4.52 Å². The molecule has 3 aromatic rings. The number of thioether (sulfide) groups is 1. The fourth-order valence-corrected chi connectivity index (χ4v) is 2.93. The number of aromatic nitrogens is 6. The second-order valence-electron chi connectivity index (χ2n) is 6.57. The topological polar surface area (TPSA) is 82.5 Å². The van der Waals surface area contributed by atoms with Gasteiger partial charge in [0, 0.05) is 30.4 Å². The molecule has 0 amide bonds. The molecule has 1 atom stereocenters. The first-order valence-corrected chi connectivity index (χ1v) is 8.55. The van der Waals surface area contributed by atoms with E-state index in [9.17, 15) is 0 Å². The third-order valence-electron chi connectivity index (χ3n) is 3.52. The van der Waals surface area contributed by atoms with E-state index in [0.717, 1.165) is 16.5 Å². The maximum Gasteiger partial charge on any atom is 0.239 e. The van der Waals surface area contributed by atoms with Gasteiger partial charge in [-0.1, -0.05) is 37.7 Å². The van der Waals surface area contributed by atoms with Crippen LogP contribution in [0.5, 0.6) is 0 Å². The molecule has 0 fully saturated rings. The Morgan fingerprint density at radius 2 is 1.88 bits per heavy atom. The second kappa shape index (κ2) is 6.35. The van der Waals surface area contributed by atoms with E-state index >= 15 is 0 Å². The van der Waals surface area contributed by atoms with Gasteiger partial charge >= 0.3 is 0 Å². The monoisotopic (exact) mass is 344 g/mol. The van der Waals surface area contributed by atoms with Gasteiger partial charge in [0.15, 0.2) is 16.8 Å². The molecule has 0 aliphatic heterocycles. The predicted molar refractivity (Wildman–Crippen MR) is 91.5 cm³/mol. The maximum absolute atomic E-state index is 5.41. The summed E-state index contributed by atoms with van der Waals surface area (Å²) in [6.07, 6.45) is 3.48. The summed E-state index contributed by atoms with van der Waals surface area (Å²) in [5, 5.41) is 13.4. The van der Waals surface area contributed by atoms with E-state index in [2.05, 4.69) is 46.1 Å². The van der Waals surface area contributed by atoms with E-state index in [1.807, 2.05) is 30.7 Å². The highest BCUT2D eigenvalue weighted by Gasteiger charge is 2.24. The highest BCUT2D eigenvalue weighted by Crippen LogP contribution is 2.34. The van der Waals surface area contributed by atoms with Crippen LogP contribution in [0.2, 0.25) is 0 Å². The summed E-state index contributed by atoms with van der Waals surface area (Å²) in [4.78, 5) is 8.54. The van der Waals surface area contributed by atoms with Gasteiger partial charge in [0.1, 0.15) is 0 Å². The first kappa shape index (κ1) is 16.6. The minimum Gasteiger partial charge on any atom is -0.338 e. The molecular weight excluding hydrogens is 324 g/mol. The molecule has 0 saturated heterocycles. The maximum atomic E-state index is 5.41. The summed E-state index contributed by atoms with van der Waals surface area (Å²) >= 11 is 1.54. The fourth-order valence-electron chi connectivity index (χ4n) is 2.08. The van der Waals surface area contributed by atoms with Crippen molar-refractivity contribution in [2.75, 3.05) is 0 Å². The summed E-state index contributed by atoms with van der Waals surface area (Å²) in [5.74, 6) is 2.10. The molecule has 0 bridgehead atoms. The molecule has 0 aromatic carbocycles. The van der Waals surface area contributed by atoms with Gasteiger partial charge in [0.2, 0.25) is 5.89 Å². The van der Waals surface area contributed by atoms with Crippen LogP contribution in [0.15, 0.2) is 34.2 Å². The van der Waals surface area contributed by atoms with Crippen molar-refractivity contribution in [3.8, 4) is 11.4 Å². The molecule has 0 N–H and O–H groups in total. The summed E-state index contributed by atoms with van der Waals surface area (Å²) in [7, 11) is 1.94. The van der Waals surface area contributed by atoms with Gasteiger partial charge in [-0.2, -0.15) is 4.98 Å². The van der Waals surface area contributed by atoms with Crippen LogP contribution in [-0.4, -0.2) is 29.9 Å². The Morgan fingerprint density at radius 1 is 1.17 bits per heavy atom. The third-order valence-corrected chi connectivity index (χ3v) is 4.64. The van der Waals surface area contributed by atoms with E-state index in [4.69, 9.17) is 4.52 Å². The predicted octanol–water partition coefficient (Wildman–Crippen LogP) is 3.41. The minimum atomic E-state index is -0.134. The number of nitrogens with zero attached hydrogens (tertiary/aromatic N) is 6. The molecular formula is C16H20N6OS. The Labute approximate surface area is 144 Å². The zero-order chi connectivity index (χ0) is 17.3. The number of rotatable bonds is 4. The Morgan fingerprint density at radius 3 is 2.50 bits per heavy atom. The minimum absolute atomic E-state index is 0.0122. The lowest BCUT2D eigenvalue weighted by Crippen LogP contribution is -2.13. The van der Waals surface area contributed by atoms with Crippen LogP contribution in [0.3, 0.4) is 0 Å². The van der Waals surface area contributed by atoms with Crippen molar-refractivity contribution in [3.05, 3.63) is 36.2 Å². The first-order chi connectivity index (χ1) is 11.4. The molecule has 7 nitrogen and oxygen atoms in total. The summed E-state index contributed by atoms with van der Waals surface area (Å²) < 4.78 is 7.36. The zero-order valence-corrected chi connectivity index (χ0v) is 15.2. The highest BCUT2D eigenvalue weighted by atomic mass is 32.2. The smallest absolute Gasteiger partial charge is 0.239 e. The van der Waals surface area contributed by atoms with Gasteiger partial charge in [0.05, 0.1) is 5.25 Å². The average Bonchev–Trinajstić information content (AvgIpc) is 3.16. The van der Waals surface area contributed by atoms with Crippen LogP contribution in [-0.2, 0) is 12.5 Å². The van der Waals surface area contributed by atoms with Crippen LogP contribution in [0, 0.1) is 0 Å². The lowest BCUT2D eigenvalue weighted by molar-refractivity contribution is 0.364. The van der Waals surface area contributed by atoms with Crippen molar-refractivity contribution in [2.45, 2.75) is 43.5 Å². The number of hydrogen-bond donors (Lipinski definition) is 0. The Bertz CT molecular complexity index is 821. The van der Waals surface area contributed by atoms with Crippen LogP contribution in [0.25, 0.3) is 11.4 Å². The fraction of sp³-hybridized carbons (Fsp3) is 0.438. The van der Waals surface area contributed by atoms with Crippen LogP contribution in [0.4, 0.5) is 0 Å². The molecule has 0 spiro atoms. The van der Waals surface area contributed by atoms with Gasteiger partial charge in [-0.3, -0.25) is 4.98 Å². The third kappa shape index (κ3) is 3.33. The van der Waals surface area contributed by atoms with Crippen molar-refractivity contribution in [1.82, 2.24) is 29.9 Å². The average molecular weight is 344 g/mol. The van der Waals surface area contributed by atoms with Crippen molar-refractivity contribution in [1.29, 1.82) is 0 Å². The lowest BCUT2D eigenvalue weighted by atomic mass is 9.96. The molecule has 0 aliphatic rings. The van der Waals surface area contributed by atoms with E-state index < -0.39 is 0 Å². The van der Waals surface area contributed by atoms with E-state index in [0.29, 0.717) is 11.7 Å². The lowest BCUT2D eigenvalue weighted by Gasteiger charge is -2.11. The molecule has 0 aliphatic carbocycles. The summed E-state index contributed by atoms with van der Waals surface area (Å²) in [6, 6.07) is 3.82. The number of pyridine rings is 1. The van der Waals surface area contributed by atoms with Gasteiger partial charge in [-0.05, 0) is 19.1 Å². The molecule has 3 rings (SSSR count). The molecule has 0 saturated carbocycles. The zero-order valence-electron chi connectivity index (χ0n) is 14.4. The molecule has 8 heteroatoms. The molecule has 3 heterocycles. The molecule has 24 heavy (non-hydrogen) atoms. The van der Waals surface area contributed by atoms with Crippen LogP contribution < -0.4 is 0 Å². The Kier molecular flexibility index (Phi) is 4.40. The Hall–Kier alpha value is -2.22. The SMILES string of the molecule is C[C@H](Sc1nnc(-c2ccncc2)n1C)c1nc(C(C)(C)C)no1. The van der Waals surface area contributed by atoms with E-state index in [-0.39, 0.29) is 10.7 Å². The van der Waals surface area contributed by atoms with Gasteiger partial charge in [0.25, 0.3) is 0 Å². The van der Waals surface area contributed by atoms with Crippen molar-refractivity contribution in [3.63, 3.8) is 0 Å². The Balaban J connectivity index is 1.79. The number of hydrogen-bond acceptors (Lipinski definition) is 7. The quantitative estimate of drug-likeness (QED) is 0.671. The van der Waals surface area contributed by atoms with Gasteiger partial charge < -0.3 is 9.09 Å². The van der Waals surface area contributed by atoms with Crippen LogP contribution in [0.1, 0.15) is 44.7 Å². The highest BCUT2D eigenvalue weighted by molar-refractivity contribution is 7.99.